The molecule has 2 aliphatic heterocycles. The number of benzene rings is 2. The van der Waals surface area contributed by atoms with Crippen LogP contribution < -0.4 is 9.64 Å². The van der Waals surface area contributed by atoms with E-state index in [0.29, 0.717) is 42.6 Å². The standard InChI is InChI=1S/C29H34F2N4O2/c1-19(2)35-12-14-37-29-24(30)16-23(17-26(29)35)28-25(31)18-32-27(33-28)15-20-3-5-21(6-4-20)22-7-9-34(10-8-22)11-13-36/h3-6,16-19,22,36H,7-15H2,1-2H3. The Balaban J connectivity index is 1.34. The number of β-amino-alcohol motifs (C(OH)–C–C–N with tert-alkyl or cyclic N) is 1. The van der Waals surface area contributed by atoms with Gasteiger partial charge in [-0.15, -0.1) is 0 Å². The minimum Gasteiger partial charge on any atom is -0.486 e. The number of fused-ring (bicyclic) bond motifs is 1. The molecule has 37 heavy (non-hydrogen) atoms. The zero-order chi connectivity index (χ0) is 25.9. The Morgan fingerprint density at radius 1 is 1.05 bits per heavy atom. The number of anilines is 1. The molecule has 1 aromatic heterocycles. The van der Waals surface area contributed by atoms with Crippen molar-refractivity contribution in [2.75, 3.05) is 44.3 Å². The Kier molecular flexibility index (Phi) is 7.67. The first-order chi connectivity index (χ1) is 17.9. The summed E-state index contributed by atoms with van der Waals surface area (Å²) in [4.78, 5) is 13.1. The van der Waals surface area contributed by atoms with Crippen LogP contribution in [0.2, 0.25) is 0 Å². The molecule has 196 valence electrons. The molecule has 8 heteroatoms. The van der Waals surface area contributed by atoms with Crippen molar-refractivity contribution in [3.63, 3.8) is 0 Å². The van der Waals surface area contributed by atoms with E-state index in [0.717, 1.165) is 38.0 Å². The summed E-state index contributed by atoms with van der Waals surface area (Å²) in [5, 5.41) is 9.14. The van der Waals surface area contributed by atoms with Crippen LogP contribution in [0.25, 0.3) is 11.3 Å². The highest BCUT2D eigenvalue weighted by Crippen LogP contribution is 2.39. The second-order valence-electron chi connectivity index (χ2n) is 10.2. The van der Waals surface area contributed by atoms with Crippen LogP contribution in [-0.2, 0) is 6.42 Å². The summed E-state index contributed by atoms with van der Waals surface area (Å²) < 4.78 is 35.4. The summed E-state index contributed by atoms with van der Waals surface area (Å²) in [6.45, 7) is 8.08. The molecule has 1 fully saturated rings. The van der Waals surface area contributed by atoms with Crippen molar-refractivity contribution in [3.05, 3.63) is 71.2 Å². The molecule has 3 heterocycles. The Hall–Kier alpha value is -3.10. The number of rotatable bonds is 7. The van der Waals surface area contributed by atoms with E-state index in [1.165, 1.54) is 17.8 Å². The van der Waals surface area contributed by atoms with Gasteiger partial charge in [-0.3, -0.25) is 0 Å². The number of halogens is 2. The van der Waals surface area contributed by atoms with Gasteiger partial charge in [-0.1, -0.05) is 24.3 Å². The van der Waals surface area contributed by atoms with Crippen molar-refractivity contribution in [1.29, 1.82) is 0 Å². The number of aliphatic hydroxyl groups excluding tert-OH is 1. The van der Waals surface area contributed by atoms with E-state index in [1.54, 1.807) is 6.07 Å². The largest absolute Gasteiger partial charge is 0.486 e. The van der Waals surface area contributed by atoms with Gasteiger partial charge in [-0.05, 0) is 69.0 Å². The first-order valence-electron chi connectivity index (χ1n) is 13.1. The van der Waals surface area contributed by atoms with Crippen molar-refractivity contribution < 1.29 is 18.6 Å². The smallest absolute Gasteiger partial charge is 0.178 e. The maximum atomic E-state index is 15.0. The zero-order valence-electron chi connectivity index (χ0n) is 21.5. The maximum Gasteiger partial charge on any atom is 0.178 e. The zero-order valence-corrected chi connectivity index (χ0v) is 21.5. The molecular weight excluding hydrogens is 474 g/mol. The van der Waals surface area contributed by atoms with Crippen LogP contribution in [0, 0.1) is 11.6 Å². The van der Waals surface area contributed by atoms with Gasteiger partial charge in [0.05, 0.1) is 25.0 Å². The van der Waals surface area contributed by atoms with Gasteiger partial charge in [0.15, 0.2) is 17.4 Å². The first-order valence-corrected chi connectivity index (χ1v) is 13.1. The predicted molar refractivity (Wildman–Crippen MR) is 140 cm³/mol. The van der Waals surface area contributed by atoms with Crippen LogP contribution in [0.4, 0.5) is 14.5 Å². The van der Waals surface area contributed by atoms with Gasteiger partial charge in [0.1, 0.15) is 18.1 Å². The number of likely N-dealkylation sites (tertiary alicyclic amines) is 1. The number of hydrogen-bond acceptors (Lipinski definition) is 6. The molecule has 0 bridgehead atoms. The van der Waals surface area contributed by atoms with Gasteiger partial charge in [-0.25, -0.2) is 18.7 Å². The van der Waals surface area contributed by atoms with Crippen molar-refractivity contribution >= 4 is 5.69 Å². The fourth-order valence-electron chi connectivity index (χ4n) is 5.39. The van der Waals surface area contributed by atoms with Gasteiger partial charge >= 0.3 is 0 Å². The summed E-state index contributed by atoms with van der Waals surface area (Å²) >= 11 is 0. The second-order valence-corrected chi connectivity index (χ2v) is 10.2. The molecule has 1 N–H and O–H groups in total. The number of piperidine rings is 1. The van der Waals surface area contributed by atoms with Crippen LogP contribution in [-0.4, -0.2) is 65.4 Å². The van der Waals surface area contributed by atoms with E-state index in [-0.39, 0.29) is 24.1 Å². The van der Waals surface area contributed by atoms with Crippen LogP contribution >= 0.6 is 0 Å². The van der Waals surface area contributed by atoms with Gasteiger partial charge in [0.25, 0.3) is 0 Å². The van der Waals surface area contributed by atoms with E-state index in [2.05, 4.69) is 44.0 Å². The van der Waals surface area contributed by atoms with E-state index in [9.17, 15) is 8.78 Å². The highest BCUT2D eigenvalue weighted by Gasteiger charge is 2.26. The van der Waals surface area contributed by atoms with Crippen molar-refractivity contribution in [1.82, 2.24) is 14.9 Å². The van der Waals surface area contributed by atoms with Gasteiger partial charge in [0, 0.05) is 24.6 Å². The fraction of sp³-hybridized carbons (Fsp3) is 0.448. The number of aromatic nitrogens is 2. The quantitative estimate of drug-likeness (QED) is 0.495. The Morgan fingerprint density at radius 3 is 2.51 bits per heavy atom. The minimum atomic E-state index is -0.584. The molecule has 2 aromatic carbocycles. The molecule has 0 amide bonds. The van der Waals surface area contributed by atoms with Crippen LogP contribution in [0.1, 0.15) is 49.6 Å². The number of ether oxygens (including phenoxy) is 1. The average Bonchev–Trinajstić information content (AvgIpc) is 2.90. The maximum absolute atomic E-state index is 15.0. The highest BCUT2D eigenvalue weighted by molar-refractivity contribution is 5.72. The fourth-order valence-corrected chi connectivity index (χ4v) is 5.39. The van der Waals surface area contributed by atoms with E-state index in [1.807, 2.05) is 13.8 Å². The molecule has 3 aromatic rings. The van der Waals surface area contributed by atoms with Gasteiger partial charge < -0.3 is 19.6 Å². The molecule has 0 aliphatic carbocycles. The number of hydrogen-bond donors (Lipinski definition) is 1. The minimum absolute atomic E-state index is 0.0900. The molecular formula is C29H34F2N4O2. The van der Waals surface area contributed by atoms with Crippen molar-refractivity contribution in [3.8, 4) is 17.0 Å². The summed E-state index contributed by atoms with van der Waals surface area (Å²) in [6, 6.07) is 11.7. The lowest BCUT2D eigenvalue weighted by molar-refractivity contribution is 0.164. The summed E-state index contributed by atoms with van der Waals surface area (Å²) in [5.41, 5.74) is 3.43. The van der Waals surface area contributed by atoms with Crippen LogP contribution in [0.15, 0.2) is 42.6 Å². The topological polar surface area (TPSA) is 61.7 Å². The highest BCUT2D eigenvalue weighted by atomic mass is 19.1. The molecule has 0 atom stereocenters. The summed E-state index contributed by atoms with van der Waals surface area (Å²) in [5.74, 6) is 0.106. The average molecular weight is 509 g/mol. The molecule has 6 nitrogen and oxygen atoms in total. The molecule has 0 radical (unpaired) electrons. The Labute approximate surface area is 216 Å². The second kappa shape index (κ2) is 11.1. The first kappa shape index (κ1) is 25.5. The summed E-state index contributed by atoms with van der Waals surface area (Å²) in [6.07, 6.45) is 3.79. The van der Waals surface area contributed by atoms with Crippen LogP contribution in [0.3, 0.4) is 0 Å². The van der Waals surface area contributed by atoms with Crippen LogP contribution in [0.5, 0.6) is 5.75 Å². The lowest BCUT2D eigenvalue weighted by Gasteiger charge is -2.34. The third-order valence-corrected chi connectivity index (χ3v) is 7.42. The molecule has 0 spiro atoms. The van der Waals surface area contributed by atoms with Gasteiger partial charge in [-0.2, -0.15) is 0 Å². The molecule has 0 saturated carbocycles. The lowest BCUT2D eigenvalue weighted by Crippen LogP contribution is -2.38. The monoisotopic (exact) mass is 508 g/mol. The number of aliphatic hydroxyl groups is 1. The Bertz CT molecular complexity index is 1230. The predicted octanol–water partition coefficient (Wildman–Crippen LogP) is 4.79. The molecule has 0 unspecified atom stereocenters. The summed E-state index contributed by atoms with van der Waals surface area (Å²) in [7, 11) is 0. The number of nitrogens with zero attached hydrogens (tertiary/aromatic N) is 4. The van der Waals surface area contributed by atoms with E-state index >= 15 is 0 Å². The third-order valence-electron chi connectivity index (χ3n) is 7.42. The third kappa shape index (κ3) is 5.60. The van der Waals surface area contributed by atoms with Crippen molar-refractivity contribution in [2.24, 2.45) is 0 Å². The van der Waals surface area contributed by atoms with Gasteiger partial charge in [0.2, 0.25) is 0 Å². The molecule has 2 aliphatic rings. The normalized spacial score (nSPS) is 16.6. The lowest BCUT2D eigenvalue weighted by atomic mass is 9.89. The Morgan fingerprint density at radius 2 is 1.81 bits per heavy atom. The van der Waals surface area contributed by atoms with E-state index < -0.39 is 11.6 Å². The van der Waals surface area contributed by atoms with E-state index in [4.69, 9.17) is 9.84 Å². The SMILES string of the molecule is CC(C)N1CCOc2c(F)cc(-c3nc(Cc4ccc(C5CCN(CCO)CC5)cc4)ncc3F)cc21. The molecule has 5 rings (SSSR count). The molecule has 1 saturated heterocycles. The van der Waals surface area contributed by atoms with Crippen molar-refractivity contribution in [2.45, 2.75) is 45.1 Å².